The monoisotopic (exact) mass is 267 g/mol. The van der Waals surface area contributed by atoms with Gasteiger partial charge in [-0.2, -0.15) is 0 Å². The van der Waals surface area contributed by atoms with Crippen LogP contribution in [0.2, 0.25) is 0 Å². The van der Waals surface area contributed by atoms with Gasteiger partial charge < -0.3 is 0 Å². The van der Waals surface area contributed by atoms with Gasteiger partial charge in [0.2, 0.25) is 0 Å². The summed E-state index contributed by atoms with van der Waals surface area (Å²) in [4.78, 5) is 4.34. The standard InChI is InChI=1S/C19H25N/c1-18(2,3)17-11-12-20-14-15(17)13-19(4,5)16-9-7-6-8-10-16/h6-12,14H,13H2,1-5H3. The third-order valence-corrected chi connectivity index (χ3v) is 3.90. The minimum Gasteiger partial charge on any atom is -0.264 e. The molecular weight excluding hydrogens is 242 g/mol. The van der Waals surface area contributed by atoms with Crippen LogP contribution in [0.15, 0.2) is 48.8 Å². The van der Waals surface area contributed by atoms with Crippen molar-refractivity contribution < 1.29 is 0 Å². The molecule has 0 spiro atoms. The van der Waals surface area contributed by atoms with Crippen LogP contribution < -0.4 is 0 Å². The van der Waals surface area contributed by atoms with E-state index >= 15 is 0 Å². The number of aromatic nitrogens is 1. The van der Waals surface area contributed by atoms with E-state index in [0.717, 1.165) is 6.42 Å². The van der Waals surface area contributed by atoms with Gasteiger partial charge >= 0.3 is 0 Å². The fourth-order valence-electron chi connectivity index (χ4n) is 2.77. The highest BCUT2D eigenvalue weighted by atomic mass is 14.6. The van der Waals surface area contributed by atoms with E-state index in [1.807, 2.05) is 12.4 Å². The van der Waals surface area contributed by atoms with Crippen molar-refractivity contribution >= 4 is 0 Å². The zero-order chi connectivity index (χ0) is 14.8. The quantitative estimate of drug-likeness (QED) is 0.771. The number of hydrogen-bond donors (Lipinski definition) is 0. The van der Waals surface area contributed by atoms with Gasteiger partial charge in [0.05, 0.1) is 0 Å². The third kappa shape index (κ3) is 3.27. The minimum atomic E-state index is 0.115. The van der Waals surface area contributed by atoms with E-state index in [9.17, 15) is 0 Å². The zero-order valence-electron chi connectivity index (χ0n) is 13.3. The van der Waals surface area contributed by atoms with Gasteiger partial charge in [0.25, 0.3) is 0 Å². The smallest absolute Gasteiger partial charge is 0.0303 e. The Hall–Kier alpha value is -1.63. The summed E-state index contributed by atoms with van der Waals surface area (Å²) in [5, 5.41) is 0. The van der Waals surface area contributed by atoms with E-state index in [1.165, 1.54) is 16.7 Å². The van der Waals surface area contributed by atoms with Crippen molar-refractivity contribution in [2.75, 3.05) is 0 Å². The lowest BCUT2D eigenvalue weighted by molar-refractivity contribution is 0.505. The molecule has 0 atom stereocenters. The molecule has 0 saturated heterocycles. The van der Waals surface area contributed by atoms with Gasteiger partial charge in [-0.3, -0.25) is 4.98 Å². The van der Waals surface area contributed by atoms with Crippen LogP contribution in [0.4, 0.5) is 0 Å². The first kappa shape index (κ1) is 14.8. The van der Waals surface area contributed by atoms with Gasteiger partial charge in [-0.25, -0.2) is 0 Å². The molecule has 0 saturated carbocycles. The lowest BCUT2D eigenvalue weighted by Gasteiger charge is -2.29. The normalized spacial score (nSPS) is 12.4. The molecule has 0 radical (unpaired) electrons. The molecule has 1 aromatic heterocycles. The van der Waals surface area contributed by atoms with Crippen molar-refractivity contribution in [1.29, 1.82) is 0 Å². The Labute approximate surface area is 123 Å². The first-order valence-corrected chi connectivity index (χ1v) is 7.29. The lowest BCUT2D eigenvalue weighted by atomic mass is 9.75. The van der Waals surface area contributed by atoms with Crippen LogP contribution in [0.5, 0.6) is 0 Å². The average molecular weight is 267 g/mol. The molecular formula is C19H25N. The molecule has 1 heteroatoms. The summed E-state index contributed by atoms with van der Waals surface area (Å²) in [6, 6.07) is 12.9. The summed E-state index contributed by atoms with van der Waals surface area (Å²) in [5.74, 6) is 0. The maximum Gasteiger partial charge on any atom is 0.0303 e. The minimum absolute atomic E-state index is 0.115. The molecule has 2 rings (SSSR count). The van der Waals surface area contributed by atoms with E-state index in [-0.39, 0.29) is 10.8 Å². The Morgan fingerprint density at radius 3 is 2.15 bits per heavy atom. The predicted molar refractivity (Wildman–Crippen MR) is 86.1 cm³/mol. The van der Waals surface area contributed by atoms with E-state index in [0.29, 0.717) is 0 Å². The molecule has 0 aliphatic rings. The molecule has 0 unspecified atom stereocenters. The van der Waals surface area contributed by atoms with Crippen LogP contribution in [0, 0.1) is 0 Å². The van der Waals surface area contributed by atoms with E-state index < -0.39 is 0 Å². The Morgan fingerprint density at radius 2 is 1.55 bits per heavy atom. The highest BCUT2D eigenvalue weighted by molar-refractivity contribution is 5.34. The van der Waals surface area contributed by atoms with Gasteiger partial charge in [-0.05, 0) is 40.0 Å². The lowest BCUT2D eigenvalue weighted by Crippen LogP contribution is -2.24. The second-order valence-corrected chi connectivity index (χ2v) is 7.21. The molecule has 0 aliphatic carbocycles. The summed E-state index contributed by atoms with van der Waals surface area (Å²) < 4.78 is 0. The largest absolute Gasteiger partial charge is 0.264 e. The second kappa shape index (κ2) is 5.40. The van der Waals surface area contributed by atoms with Crippen molar-refractivity contribution in [3.05, 3.63) is 65.5 Å². The van der Waals surface area contributed by atoms with Gasteiger partial charge in [0, 0.05) is 12.4 Å². The van der Waals surface area contributed by atoms with Crippen molar-refractivity contribution in [1.82, 2.24) is 4.98 Å². The van der Waals surface area contributed by atoms with E-state index in [4.69, 9.17) is 0 Å². The molecule has 0 bridgehead atoms. The van der Waals surface area contributed by atoms with Crippen LogP contribution in [0.25, 0.3) is 0 Å². The molecule has 20 heavy (non-hydrogen) atoms. The van der Waals surface area contributed by atoms with Crippen molar-refractivity contribution in [3.8, 4) is 0 Å². The second-order valence-electron chi connectivity index (χ2n) is 7.21. The number of benzene rings is 1. The summed E-state index contributed by atoms with van der Waals surface area (Å²) in [6.07, 6.45) is 4.95. The fraction of sp³-hybridized carbons (Fsp3) is 0.421. The van der Waals surface area contributed by atoms with Crippen LogP contribution in [-0.4, -0.2) is 4.98 Å². The number of rotatable bonds is 3. The maximum absolute atomic E-state index is 4.34. The molecule has 0 fully saturated rings. The molecule has 0 amide bonds. The summed E-state index contributed by atoms with van der Waals surface area (Å²) in [6.45, 7) is 11.4. The molecule has 1 aromatic carbocycles. The third-order valence-electron chi connectivity index (χ3n) is 3.90. The van der Waals surface area contributed by atoms with Crippen LogP contribution in [0.1, 0.15) is 51.3 Å². The summed E-state index contributed by atoms with van der Waals surface area (Å²) in [5.41, 5.74) is 4.41. The summed E-state index contributed by atoms with van der Waals surface area (Å²) >= 11 is 0. The molecule has 1 heterocycles. The topological polar surface area (TPSA) is 12.9 Å². The molecule has 1 nitrogen and oxygen atoms in total. The first-order chi connectivity index (χ1) is 9.31. The fourth-order valence-corrected chi connectivity index (χ4v) is 2.77. The van der Waals surface area contributed by atoms with Crippen LogP contribution in [0.3, 0.4) is 0 Å². The van der Waals surface area contributed by atoms with Gasteiger partial charge in [-0.1, -0.05) is 65.0 Å². The Bertz CT molecular complexity index is 562. The van der Waals surface area contributed by atoms with Crippen molar-refractivity contribution in [2.24, 2.45) is 0 Å². The van der Waals surface area contributed by atoms with Gasteiger partial charge in [-0.15, -0.1) is 0 Å². The molecule has 106 valence electrons. The van der Waals surface area contributed by atoms with Crippen LogP contribution >= 0.6 is 0 Å². The summed E-state index contributed by atoms with van der Waals surface area (Å²) in [7, 11) is 0. The van der Waals surface area contributed by atoms with Crippen LogP contribution in [-0.2, 0) is 17.3 Å². The van der Waals surface area contributed by atoms with Gasteiger partial charge in [0.15, 0.2) is 0 Å². The number of nitrogens with zero attached hydrogens (tertiary/aromatic N) is 1. The van der Waals surface area contributed by atoms with Gasteiger partial charge in [0.1, 0.15) is 0 Å². The zero-order valence-corrected chi connectivity index (χ0v) is 13.3. The molecule has 2 aromatic rings. The molecule has 0 aliphatic heterocycles. The molecule has 0 N–H and O–H groups in total. The average Bonchev–Trinajstić information content (AvgIpc) is 2.39. The Morgan fingerprint density at radius 1 is 0.900 bits per heavy atom. The highest BCUT2D eigenvalue weighted by Crippen LogP contribution is 2.32. The maximum atomic E-state index is 4.34. The SMILES string of the molecule is CC(C)(C)c1ccncc1CC(C)(C)c1ccccc1. The highest BCUT2D eigenvalue weighted by Gasteiger charge is 2.25. The predicted octanol–water partition coefficient (Wildman–Crippen LogP) is 4.90. The van der Waals surface area contributed by atoms with E-state index in [1.54, 1.807) is 0 Å². The Balaban J connectivity index is 2.35. The first-order valence-electron chi connectivity index (χ1n) is 7.29. The van der Waals surface area contributed by atoms with E-state index in [2.05, 4.69) is 76.0 Å². The number of hydrogen-bond acceptors (Lipinski definition) is 1. The van der Waals surface area contributed by atoms with Crippen molar-refractivity contribution in [3.63, 3.8) is 0 Å². The Kier molecular flexibility index (Phi) is 3.99. The van der Waals surface area contributed by atoms with Crippen molar-refractivity contribution in [2.45, 2.75) is 51.9 Å². The number of pyridine rings is 1.